The summed E-state index contributed by atoms with van der Waals surface area (Å²) in [7, 11) is 0. The molecule has 0 heterocycles. The number of carbonyl (C=O) groups is 2. The summed E-state index contributed by atoms with van der Waals surface area (Å²) in [5.41, 5.74) is 1.66. The number of carbonyl (C=O) groups excluding carboxylic acids is 2. The lowest BCUT2D eigenvalue weighted by Crippen LogP contribution is -2.51. The number of hydrogen-bond donors (Lipinski definition) is 1. The van der Waals surface area contributed by atoms with Gasteiger partial charge in [0.25, 0.3) is 5.91 Å². The molecule has 33 heavy (non-hydrogen) atoms. The van der Waals surface area contributed by atoms with Gasteiger partial charge in [-0.05, 0) is 55.0 Å². The molecule has 0 unspecified atom stereocenters. The average molecular weight is 493 g/mol. The first-order valence-corrected chi connectivity index (χ1v) is 12.0. The number of amides is 2. The second-order valence-corrected chi connectivity index (χ2v) is 10.2. The van der Waals surface area contributed by atoms with Crippen molar-refractivity contribution >= 4 is 35.0 Å². The van der Waals surface area contributed by atoms with Gasteiger partial charge in [-0.25, -0.2) is 0 Å². The van der Waals surface area contributed by atoms with Crippen molar-refractivity contribution in [1.29, 1.82) is 0 Å². The highest BCUT2D eigenvalue weighted by Crippen LogP contribution is 2.31. The van der Waals surface area contributed by atoms with E-state index >= 15 is 0 Å². The van der Waals surface area contributed by atoms with E-state index in [-0.39, 0.29) is 36.4 Å². The lowest BCUT2D eigenvalue weighted by atomic mass is 9.86. The van der Waals surface area contributed by atoms with E-state index in [1.807, 2.05) is 45.0 Å². The van der Waals surface area contributed by atoms with Crippen molar-refractivity contribution < 1.29 is 14.3 Å². The van der Waals surface area contributed by atoms with E-state index in [0.717, 1.165) is 11.1 Å². The molecule has 0 fully saturated rings. The van der Waals surface area contributed by atoms with Gasteiger partial charge in [-0.3, -0.25) is 9.59 Å². The molecule has 5 nitrogen and oxygen atoms in total. The summed E-state index contributed by atoms with van der Waals surface area (Å²) in [6, 6.07) is 12.2. The van der Waals surface area contributed by atoms with Crippen molar-refractivity contribution in [2.75, 3.05) is 6.61 Å². The van der Waals surface area contributed by atoms with E-state index in [1.54, 1.807) is 23.1 Å². The van der Waals surface area contributed by atoms with Crippen LogP contribution in [0.4, 0.5) is 0 Å². The molecule has 0 aliphatic heterocycles. The Labute approximate surface area is 207 Å². The van der Waals surface area contributed by atoms with Crippen LogP contribution in [0.15, 0.2) is 42.5 Å². The van der Waals surface area contributed by atoms with Crippen molar-refractivity contribution in [2.24, 2.45) is 0 Å². The monoisotopic (exact) mass is 492 g/mol. The molecule has 0 spiro atoms. The second kappa shape index (κ2) is 11.8. The molecule has 0 saturated heterocycles. The van der Waals surface area contributed by atoms with E-state index in [1.165, 1.54) is 0 Å². The Balaban J connectivity index is 2.31. The first-order chi connectivity index (χ1) is 15.4. The van der Waals surface area contributed by atoms with E-state index < -0.39 is 6.04 Å². The predicted octanol–water partition coefficient (Wildman–Crippen LogP) is 6.00. The van der Waals surface area contributed by atoms with Crippen molar-refractivity contribution in [3.63, 3.8) is 0 Å². The maximum absolute atomic E-state index is 13.4. The van der Waals surface area contributed by atoms with Crippen LogP contribution in [-0.2, 0) is 21.5 Å². The Hall–Kier alpha value is -2.24. The third-order valence-electron chi connectivity index (χ3n) is 5.20. The molecule has 2 aromatic rings. The van der Waals surface area contributed by atoms with Crippen molar-refractivity contribution in [1.82, 2.24) is 10.2 Å². The zero-order chi connectivity index (χ0) is 24.8. The van der Waals surface area contributed by atoms with Crippen molar-refractivity contribution in [2.45, 2.75) is 72.0 Å². The highest BCUT2D eigenvalue weighted by atomic mass is 35.5. The fourth-order valence-corrected chi connectivity index (χ4v) is 3.89. The van der Waals surface area contributed by atoms with Crippen molar-refractivity contribution in [3.8, 4) is 5.75 Å². The normalized spacial score (nSPS) is 12.4. The summed E-state index contributed by atoms with van der Waals surface area (Å²) in [5, 5.41) is 3.75. The number of nitrogens with one attached hydrogen (secondary N) is 1. The van der Waals surface area contributed by atoms with Crippen LogP contribution in [0, 0.1) is 0 Å². The summed E-state index contributed by atoms with van der Waals surface area (Å²) in [5.74, 6) is 0.180. The fourth-order valence-electron chi connectivity index (χ4n) is 3.57. The molecule has 0 aliphatic rings. The van der Waals surface area contributed by atoms with Crippen LogP contribution in [0.5, 0.6) is 5.75 Å². The van der Waals surface area contributed by atoms with E-state index in [9.17, 15) is 9.59 Å². The van der Waals surface area contributed by atoms with Gasteiger partial charge < -0.3 is 15.0 Å². The number of hydrogen-bond acceptors (Lipinski definition) is 3. The zero-order valence-electron chi connectivity index (χ0n) is 20.2. The van der Waals surface area contributed by atoms with Crippen LogP contribution in [0.1, 0.15) is 59.1 Å². The van der Waals surface area contributed by atoms with Gasteiger partial charge in [0.1, 0.15) is 11.8 Å². The minimum atomic E-state index is -0.643. The quantitative estimate of drug-likeness (QED) is 0.466. The maximum atomic E-state index is 13.4. The number of benzene rings is 2. The first-order valence-electron chi connectivity index (χ1n) is 11.2. The first kappa shape index (κ1) is 27.0. The standard InChI is InChI=1S/C26H34Cl2N2O3/c1-7-22(25(32)29-17(2)3)30(15-18-12-13-20(27)21(28)14-18)24(31)16-33-23-11-9-8-10-19(23)26(4,5)6/h8-14,17,22H,7,15-16H2,1-6H3,(H,29,32)/t22-/m1/s1. The highest BCUT2D eigenvalue weighted by molar-refractivity contribution is 6.42. The van der Waals surface area contributed by atoms with Gasteiger partial charge in [-0.2, -0.15) is 0 Å². The van der Waals surface area contributed by atoms with Crippen LogP contribution in [0.25, 0.3) is 0 Å². The number of halogens is 2. The van der Waals surface area contributed by atoms with Crippen LogP contribution >= 0.6 is 23.2 Å². The molecule has 2 aromatic carbocycles. The van der Waals surface area contributed by atoms with Crippen LogP contribution in [0.2, 0.25) is 10.0 Å². The molecule has 180 valence electrons. The topological polar surface area (TPSA) is 58.6 Å². The van der Waals surface area contributed by atoms with Crippen molar-refractivity contribution in [3.05, 3.63) is 63.6 Å². The summed E-state index contributed by atoms with van der Waals surface area (Å²) < 4.78 is 5.97. The lowest BCUT2D eigenvalue weighted by Gasteiger charge is -2.31. The minimum absolute atomic E-state index is 0.0385. The van der Waals surface area contributed by atoms with Gasteiger partial charge in [-0.15, -0.1) is 0 Å². The maximum Gasteiger partial charge on any atom is 0.261 e. The molecule has 0 radical (unpaired) electrons. The van der Waals surface area contributed by atoms with Gasteiger partial charge in [-0.1, -0.05) is 75.2 Å². The van der Waals surface area contributed by atoms with E-state index in [4.69, 9.17) is 27.9 Å². The highest BCUT2D eigenvalue weighted by Gasteiger charge is 2.30. The van der Waals surface area contributed by atoms with E-state index in [0.29, 0.717) is 22.2 Å². The van der Waals surface area contributed by atoms with Gasteiger partial charge in [0, 0.05) is 12.6 Å². The fraction of sp³-hybridized carbons (Fsp3) is 0.462. The number of ether oxygens (including phenoxy) is 1. The lowest BCUT2D eigenvalue weighted by molar-refractivity contribution is -0.143. The molecule has 2 amide bonds. The van der Waals surface area contributed by atoms with E-state index in [2.05, 4.69) is 26.1 Å². The molecule has 0 bridgehead atoms. The number of nitrogens with zero attached hydrogens (tertiary/aromatic N) is 1. The zero-order valence-corrected chi connectivity index (χ0v) is 21.8. The molecular formula is C26H34Cl2N2O3. The van der Waals surface area contributed by atoms with Gasteiger partial charge >= 0.3 is 0 Å². The second-order valence-electron chi connectivity index (χ2n) is 9.39. The van der Waals surface area contributed by atoms with Crippen LogP contribution in [0.3, 0.4) is 0 Å². The third-order valence-corrected chi connectivity index (χ3v) is 5.94. The molecule has 1 atom stereocenters. The van der Waals surface area contributed by atoms with Gasteiger partial charge in [0.15, 0.2) is 6.61 Å². The molecule has 0 saturated carbocycles. The molecular weight excluding hydrogens is 459 g/mol. The Bertz CT molecular complexity index is 970. The molecule has 1 N–H and O–H groups in total. The summed E-state index contributed by atoms with van der Waals surface area (Å²) in [6.07, 6.45) is 0.462. The van der Waals surface area contributed by atoms with Gasteiger partial charge in [0.05, 0.1) is 10.0 Å². The Kier molecular flexibility index (Phi) is 9.62. The Morgan fingerprint density at radius 1 is 1.06 bits per heavy atom. The third kappa shape index (κ3) is 7.65. The summed E-state index contributed by atoms with van der Waals surface area (Å²) in [6.45, 7) is 12.0. The number of para-hydroxylation sites is 1. The van der Waals surface area contributed by atoms with Gasteiger partial charge in [0.2, 0.25) is 5.91 Å². The Morgan fingerprint density at radius 2 is 1.73 bits per heavy atom. The van der Waals surface area contributed by atoms with Crippen LogP contribution in [-0.4, -0.2) is 35.4 Å². The molecule has 0 aliphatic carbocycles. The minimum Gasteiger partial charge on any atom is -0.483 e. The smallest absolute Gasteiger partial charge is 0.261 e. The molecule has 7 heteroatoms. The average Bonchev–Trinajstić information content (AvgIpc) is 2.73. The van der Waals surface area contributed by atoms with Crippen LogP contribution < -0.4 is 10.1 Å². The SMILES string of the molecule is CC[C@H](C(=O)NC(C)C)N(Cc1ccc(Cl)c(Cl)c1)C(=O)COc1ccccc1C(C)(C)C. The largest absolute Gasteiger partial charge is 0.483 e. The summed E-state index contributed by atoms with van der Waals surface area (Å²) >= 11 is 12.2. The molecule has 0 aromatic heterocycles. The Morgan fingerprint density at radius 3 is 2.30 bits per heavy atom. The summed E-state index contributed by atoms with van der Waals surface area (Å²) in [4.78, 5) is 27.8. The number of rotatable bonds is 9. The molecule has 2 rings (SSSR count). The predicted molar refractivity (Wildman–Crippen MR) is 135 cm³/mol.